The van der Waals surface area contributed by atoms with Crippen molar-refractivity contribution in [2.75, 3.05) is 13.2 Å². The summed E-state index contributed by atoms with van der Waals surface area (Å²) in [6, 6.07) is 6.24. The maximum atomic E-state index is 11.4. The zero-order chi connectivity index (χ0) is 10.7. The summed E-state index contributed by atoms with van der Waals surface area (Å²) < 4.78 is 9.92. The van der Waals surface area contributed by atoms with Crippen LogP contribution >= 0.6 is 0 Å². The van der Waals surface area contributed by atoms with E-state index in [1.165, 1.54) is 0 Å². The van der Waals surface area contributed by atoms with Crippen LogP contribution in [0.25, 0.3) is 0 Å². The molecule has 0 atom stereocenters. The summed E-state index contributed by atoms with van der Waals surface area (Å²) in [7, 11) is 0. The van der Waals surface area contributed by atoms with Crippen LogP contribution in [0.2, 0.25) is 0 Å². The van der Waals surface area contributed by atoms with E-state index in [1.807, 2.05) is 0 Å². The van der Waals surface area contributed by atoms with Crippen LogP contribution in [0.5, 0.6) is 0 Å². The van der Waals surface area contributed by atoms with Crippen LogP contribution in [0.3, 0.4) is 0 Å². The van der Waals surface area contributed by atoms with Gasteiger partial charge in [-0.2, -0.15) is 0 Å². The molecular formula is C12H14O4. The van der Waals surface area contributed by atoms with Crippen molar-refractivity contribution in [3.8, 4) is 0 Å². The first-order valence-electron chi connectivity index (χ1n) is 4.72. The minimum atomic E-state index is -0.365. The second-order valence-corrected chi connectivity index (χ2v) is 3.20. The quantitative estimate of drug-likeness (QED) is 0.630. The van der Waals surface area contributed by atoms with Gasteiger partial charge >= 0.3 is 11.9 Å². The lowest BCUT2D eigenvalue weighted by molar-refractivity contribution is 0.0401. The van der Waals surface area contributed by atoms with Gasteiger partial charge in [0.15, 0.2) is 0 Å². The summed E-state index contributed by atoms with van der Waals surface area (Å²) >= 11 is 0. The number of carbonyl (C=O) groups is 2. The summed E-state index contributed by atoms with van der Waals surface area (Å²) in [6.07, 6.45) is 0.526. The Balaban J connectivity index is 0.00000128. The number of fused-ring (bicyclic) bond motifs is 8. The van der Waals surface area contributed by atoms with Gasteiger partial charge < -0.3 is 9.47 Å². The molecule has 0 N–H and O–H groups in total. The fraction of sp³-hybridized carbons (Fsp3) is 0.333. The Morgan fingerprint density at radius 3 is 1.56 bits per heavy atom. The zero-order valence-electron chi connectivity index (χ0n) is 8.06. The van der Waals surface area contributed by atoms with Gasteiger partial charge in [0, 0.05) is 6.42 Å². The van der Waals surface area contributed by atoms with E-state index in [-0.39, 0.29) is 32.6 Å². The molecule has 2 aliphatic heterocycles. The number of rotatable bonds is 0. The largest absolute Gasteiger partial charge is 0.462 e. The Labute approximate surface area is 94.2 Å². The van der Waals surface area contributed by atoms with Crippen LogP contribution in [-0.4, -0.2) is 25.2 Å². The third-order valence-corrected chi connectivity index (χ3v) is 2.11. The number of carbonyl (C=O) groups excluding carboxylic acids is 2. The van der Waals surface area contributed by atoms with E-state index < -0.39 is 0 Å². The maximum absolute atomic E-state index is 11.4. The molecule has 0 amide bonds. The lowest BCUT2D eigenvalue weighted by atomic mass is 10.1. The molecule has 1 aromatic rings. The lowest BCUT2D eigenvalue weighted by Gasteiger charge is -2.02. The normalized spacial score (nSPS) is 15.5. The molecule has 0 aromatic heterocycles. The summed E-state index contributed by atoms with van der Waals surface area (Å²) in [5, 5.41) is 0. The van der Waals surface area contributed by atoms with Crippen molar-refractivity contribution in [2.24, 2.45) is 0 Å². The van der Waals surface area contributed by atoms with Crippen molar-refractivity contribution < 1.29 is 19.1 Å². The third kappa shape index (κ3) is 2.59. The maximum Gasteiger partial charge on any atom is 0.338 e. The van der Waals surface area contributed by atoms with Gasteiger partial charge in [-0.1, -0.05) is 7.43 Å². The van der Waals surface area contributed by atoms with Crippen LogP contribution in [0.1, 0.15) is 34.6 Å². The first-order valence-corrected chi connectivity index (χ1v) is 4.72. The van der Waals surface area contributed by atoms with Crippen LogP contribution in [0.15, 0.2) is 24.3 Å². The van der Waals surface area contributed by atoms with Gasteiger partial charge in [-0.15, -0.1) is 0 Å². The lowest BCUT2D eigenvalue weighted by Crippen LogP contribution is -2.08. The standard InChI is InChI=1S/C11H10O4.CH4/c12-10-8-2-3-9(5-4-8)11(13)15-7-1-6-14-10;/h2-5H,1,6-7H2;1H4. The Bertz CT molecular complexity index is 344. The van der Waals surface area contributed by atoms with E-state index in [1.54, 1.807) is 24.3 Å². The van der Waals surface area contributed by atoms with Crippen molar-refractivity contribution in [1.82, 2.24) is 0 Å². The fourth-order valence-electron chi connectivity index (χ4n) is 1.30. The molecule has 0 fully saturated rings. The van der Waals surface area contributed by atoms with Gasteiger partial charge in [0.2, 0.25) is 0 Å². The van der Waals surface area contributed by atoms with Crippen LogP contribution in [0, 0.1) is 0 Å². The third-order valence-electron chi connectivity index (χ3n) is 2.11. The van der Waals surface area contributed by atoms with Gasteiger partial charge in [0.25, 0.3) is 0 Å². The summed E-state index contributed by atoms with van der Waals surface area (Å²) in [5.41, 5.74) is 0.905. The molecule has 2 aliphatic rings. The summed E-state index contributed by atoms with van der Waals surface area (Å²) in [5.74, 6) is -0.730. The molecule has 2 bridgehead atoms. The van der Waals surface area contributed by atoms with E-state index in [0.717, 1.165) is 0 Å². The van der Waals surface area contributed by atoms with Gasteiger partial charge in [-0.3, -0.25) is 0 Å². The minimum absolute atomic E-state index is 0. The molecule has 1 aromatic carbocycles. The highest BCUT2D eigenvalue weighted by atomic mass is 16.5. The highest BCUT2D eigenvalue weighted by Gasteiger charge is 2.12. The topological polar surface area (TPSA) is 52.6 Å². The molecule has 16 heavy (non-hydrogen) atoms. The Morgan fingerprint density at radius 2 is 1.19 bits per heavy atom. The van der Waals surface area contributed by atoms with Crippen LogP contribution in [-0.2, 0) is 9.47 Å². The monoisotopic (exact) mass is 222 g/mol. The average molecular weight is 222 g/mol. The molecule has 0 saturated carbocycles. The van der Waals surface area contributed by atoms with Gasteiger partial charge in [-0.25, -0.2) is 9.59 Å². The zero-order valence-corrected chi connectivity index (χ0v) is 8.06. The van der Waals surface area contributed by atoms with E-state index in [4.69, 9.17) is 9.47 Å². The van der Waals surface area contributed by atoms with E-state index in [2.05, 4.69) is 0 Å². The van der Waals surface area contributed by atoms with Gasteiger partial charge in [-0.05, 0) is 24.3 Å². The fourth-order valence-corrected chi connectivity index (χ4v) is 1.30. The SMILES string of the molecule is C.O=C1OCCCOC(=O)c2ccc1cc2. The van der Waals surface area contributed by atoms with Crippen molar-refractivity contribution in [2.45, 2.75) is 13.8 Å². The minimum Gasteiger partial charge on any atom is -0.462 e. The Morgan fingerprint density at radius 1 is 0.812 bits per heavy atom. The second kappa shape index (κ2) is 5.30. The molecular weight excluding hydrogens is 208 g/mol. The number of esters is 2. The average Bonchev–Trinajstić information content (AvgIpc) is 2.31. The predicted molar refractivity (Wildman–Crippen MR) is 58.4 cm³/mol. The molecule has 4 heteroatoms. The van der Waals surface area contributed by atoms with Crippen molar-refractivity contribution >= 4 is 11.9 Å². The van der Waals surface area contributed by atoms with E-state index >= 15 is 0 Å². The molecule has 0 radical (unpaired) electrons. The van der Waals surface area contributed by atoms with Gasteiger partial charge in [0.05, 0.1) is 24.3 Å². The van der Waals surface area contributed by atoms with Gasteiger partial charge in [0.1, 0.15) is 0 Å². The summed E-state index contributed by atoms with van der Waals surface area (Å²) in [6.45, 7) is 0.541. The van der Waals surface area contributed by atoms with Crippen LogP contribution < -0.4 is 0 Å². The number of ether oxygens (including phenoxy) is 2. The van der Waals surface area contributed by atoms with E-state index in [9.17, 15) is 9.59 Å². The highest BCUT2D eigenvalue weighted by Crippen LogP contribution is 2.09. The first kappa shape index (κ1) is 12.2. The number of hydrogen-bond donors (Lipinski definition) is 0. The molecule has 0 unspecified atom stereocenters. The Kier molecular flexibility index (Phi) is 4.05. The molecule has 2 heterocycles. The molecule has 86 valence electrons. The number of hydrogen-bond acceptors (Lipinski definition) is 4. The predicted octanol–water partition coefficient (Wildman–Crippen LogP) is 2.04. The smallest absolute Gasteiger partial charge is 0.338 e. The van der Waals surface area contributed by atoms with Crippen LogP contribution in [0.4, 0.5) is 0 Å². The van der Waals surface area contributed by atoms with Crippen molar-refractivity contribution in [3.63, 3.8) is 0 Å². The first-order chi connectivity index (χ1) is 7.27. The molecule has 0 saturated heterocycles. The molecule has 3 rings (SSSR count). The molecule has 0 spiro atoms. The Hall–Kier alpha value is -1.84. The second-order valence-electron chi connectivity index (χ2n) is 3.20. The summed E-state index contributed by atoms with van der Waals surface area (Å²) in [4.78, 5) is 22.8. The molecule has 4 nitrogen and oxygen atoms in total. The van der Waals surface area contributed by atoms with E-state index in [0.29, 0.717) is 17.5 Å². The molecule has 0 aliphatic carbocycles. The van der Waals surface area contributed by atoms with Crippen molar-refractivity contribution in [3.05, 3.63) is 35.4 Å². The van der Waals surface area contributed by atoms with Crippen molar-refractivity contribution in [1.29, 1.82) is 0 Å². The highest BCUT2D eigenvalue weighted by molar-refractivity contribution is 5.93. The number of benzene rings is 1.